The Morgan fingerprint density at radius 1 is 1.14 bits per heavy atom. The maximum Gasteiger partial charge on any atom is 0.414 e. The minimum atomic E-state index is -0.732. The summed E-state index contributed by atoms with van der Waals surface area (Å²) >= 11 is 0. The lowest BCUT2D eigenvalue weighted by Crippen LogP contribution is -2.42. The summed E-state index contributed by atoms with van der Waals surface area (Å²) in [5, 5.41) is 9.71. The summed E-state index contributed by atoms with van der Waals surface area (Å²) in [5.74, 6) is 0.0133. The van der Waals surface area contributed by atoms with Crippen LogP contribution < -0.4 is 4.90 Å². The van der Waals surface area contributed by atoms with Gasteiger partial charge in [-0.2, -0.15) is 0 Å². The van der Waals surface area contributed by atoms with Crippen molar-refractivity contribution >= 4 is 34.7 Å². The topological polar surface area (TPSA) is 105 Å². The van der Waals surface area contributed by atoms with E-state index >= 15 is 0 Å². The molecule has 1 saturated heterocycles. The monoisotopic (exact) mass is 496 g/mol. The van der Waals surface area contributed by atoms with Crippen molar-refractivity contribution in [1.82, 2.24) is 14.5 Å². The molecular formula is C27H36N4O5. The Morgan fingerprint density at radius 3 is 2.72 bits per heavy atom. The molecule has 3 aliphatic rings. The Kier molecular flexibility index (Phi) is 6.90. The van der Waals surface area contributed by atoms with Gasteiger partial charge in [0.25, 0.3) is 0 Å². The highest BCUT2D eigenvalue weighted by atomic mass is 16.5. The number of aliphatic carboxylic acids is 1. The summed E-state index contributed by atoms with van der Waals surface area (Å²) in [6, 6.07) is 4.09. The van der Waals surface area contributed by atoms with Crippen LogP contribution in [0.4, 0.5) is 10.5 Å². The number of methoxy groups -OCH3 is 1. The van der Waals surface area contributed by atoms with Crippen LogP contribution >= 0.6 is 0 Å². The van der Waals surface area contributed by atoms with Gasteiger partial charge in [-0.15, -0.1) is 0 Å². The number of carbonyl (C=O) groups is 3. The lowest BCUT2D eigenvalue weighted by atomic mass is 9.85. The molecule has 1 aliphatic carbocycles. The molecule has 3 heterocycles. The number of carbonyl (C=O) groups excluding carboxylic acids is 2. The number of nitrogens with zero attached hydrogens (tertiary/aromatic N) is 4. The number of carboxylic acid groups (broad SMARTS) is 1. The third kappa shape index (κ3) is 4.44. The first-order chi connectivity index (χ1) is 17.4. The summed E-state index contributed by atoms with van der Waals surface area (Å²) in [6.45, 7) is 3.42. The summed E-state index contributed by atoms with van der Waals surface area (Å²) in [5.41, 5.74) is 3.74. The number of likely N-dealkylation sites (tertiary alicyclic amines) is 1. The van der Waals surface area contributed by atoms with Crippen LogP contribution in [0, 0.1) is 5.92 Å². The zero-order valence-corrected chi connectivity index (χ0v) is 21.2. The fourth-order valence-corrected chi connectivity index (χ4v) is 6.36. The van der Waals surface area contributed by atoms with Crippen molar-refractivity contribution in [3.63, 3.8) is 0 Å². The Bertz CT molecular complexity index is 1170. The SMILES string of the molecule is COC(=O)N1c2ccc3c(nc(CCN4CCCCC4=O)n3[C@@H]3CCC[C@@H](C(=O)O)C3)c2CC[C@@H]1C. The van der Waals surface area contributed by atoms with Crippen LogP contribution in [0.2, 0.25) is 0 Å². The molecule has 36 heavy (non-hydrogen) atoms. The number of amides is 2. The summed E-state index contributed by atoms with van der Waals surface area (Å²) < 4.78 is 7.32. The highest BCUT2D eigenvalue weighted by molar-refractivity contribution is 5.95. The second kappa shape index (κ2) is 10.1. The zero-order chi connectivity index (χ0) is 25.4. The molecule has 1 aromatic carbocycles. The fraction of sp³-hybridized carbons (Fsp3) is 0.630. The van der Waals surface area contributed by atoms with E-state index in [0.717, 1.165) is 73.2 Å². The third-order valence-corrected chi connectivity index (χ3v) is 8.29. The second-order valence-electron chi connectivity index (χ2n) is 10.5. The molecule has 194 valence electrons. The minimum Gasteiger partial charge on any atom is -0.481 e. The Labute approximate surface area is 211 Å². The predicted octanol–water partition coefficient (Wildman–Crippen LogP) is 4.31. The van der Waals surface area contributed by atoms with E-state index < -0.39 is 5.97 Å². The quantitative estimate of drug-likeness (QED) is 0.661. The molecular weight excluding hydrogens is 460 g/mol. The smallest absolute Gasteiger partial charge is 0.414 e. The maximum absolute atomic E-state index is 12.6. The molecule has 1 aromatic heterocycles. The number of aryl methyl sites for hydroxylation is 1. The number of benzene rings is 1. The van der Waals surface area contributed by atoms with Crippen molar-refractivity contribution in [2.45, 2.75) is 83.2 Å². The van der Waals surface area contributed by atoms with Gasteiger partial charge in [0.15, 0.2) is 0 Å². The van der Waals surface area contributed by atoms with Crippen LogP contribution in [0.3, 0.4) is 0 Å². The molecule has 2 aliphatic heterocycles. The van der Waals surface area contributed by atoms with Crippen molar-refractivity contribution in [2.75, 3.05) is 25.1 Å². The normalized spacial score (nSPS) is 24.6. The van der Waals surface area contributed by atoms with Gasteiger partial charge in [-0.3, -0.25) is 14.5 Å². The number of piperidine rings is 1. The van der Waals surface area contributed by atoms with Gasteiger partial charge in [-0.05, 0) is 64.0 Å². The van der Waals surface area contributed by atoms with Gasteiger partial charge in [0.05, 0.1) is 29.7 Å². The average molecular weight is 497 g/mol. The van der Waals surface area contributed by atoms with Crippen LogP contribution in [0.15, 0.2) is 12.1 Å². The van der Waals surface area contributed by atoms with Crippen LogP contribution in [0.1, 0.15) is 75.7 Å². The predicted molar refractivity (Wildman–Crippen MR) is 135 cm³/mol. The molecule has 0 bridgehead atoms. The number of aromatic nitrogens is 2. The highest BCUT2D eigenvalue weighted by Gasteiger charge is 2.34. The Morgan fingerprint density at radius 2 is 1.97 bits per heavy atom. The lowest BCUT2D eigenvalue weighted by molar-refractivity contribution is -0.143. The van der Waals surface area contributed by atoms with Gasteiger partial charge in [0.2, 0.25) is 5.91 Å². The van der Waals surface area contributed by atoms with E-state index in [-0.39, 0.29) is 30.0 Å². The van der Waals surface area contributed by atoms with E-state index in [1.165, 1.54) is 7.11 Å². The fourth-order valence-electron chi connectivity index (χ4n) is 6.36. The molecule has 5 rings (SSSR count). The van der Waals surface area contributed by atoms with E-state index in [4.69, 9.17) is 9.72 Å². The summed E-state index contributed by atoms with van der Waals surface area (Å²) in [6.07, 6.45) is 7.53. The van der Waals surface area contributed by atoms with Crippen LogP contribution in [0.25, 0.3) is 11.0 Å². The van der Waals surface area contributed by atoms with E-state index in [9.17, 15) is 19.5 Å². The molecule has 1 N–H and O–H groups in total. The Hall–Kier alpha value is -3.10. The number of anilines is 1. The maximum atomic E-state index is 12.6. The third-order valence-electron chi connectivity index (χ3n) is 8.29. The van der Waals surface area contributed by atoms with Gasteiger partial charge < -0.3 is 19.3 Å². The zero-order valence-electron chi connectivity index (χ0n) is 21.2. The van der Waals surface area contributed by atoms with Gasteiger partial charge in [0, 0.05) is 43.6 Å². The number of hydrogen-bond donors (Lipinski definition) is 1. The minimum absolute atomic E-state index is 0.0312. The largest absolute Gasteiger partial charge is 0.481 e. The molecule has 2 aromatic rings. The van der Waals surface area contributed by atoms with Gasteiger partial charge in [0.1, 0.15) is 5.82 Å². The number of rotatable bonds is 5. The molecule has 9 heteroatoms. The van der Waals surface area contributed by atoms with E-state index in [1.807, 2.05) is 24.0 Å². The van der Waals surface area contributed by atoms with Crippen LogP contribution in [0.5, 0.6) is 0 Å². The van der Waals surface area contributed by atoms with Crippen molar-refractivity contribution in [3.05, 3.63) is 23.5 Å². The molecule has 0 unspecified atom stereocenters. The number of imidazole rings is 1. The molecule has 0 spiro atoms. The van der Waals surface area contributed by atoms with Crippen molar-refractivity contribution in [3.8, 4) is 0 Å². The van der Waals surface area contributed by atoms with Crippen LogP contribution in [-0.4, -0.2) is 63.8 Å². The number of carboxylic acids is 1. The number of hydrogen-bond acceptors (Lipinski definition) is 5. The van der Waals surface area contributed by atoms with Gasteiger partial charge in [-0.25, -0.2) is 9.78 Å². The molecule has 0 radical (unpaired) electrons. The highest BCUT2D eigenvalue weighted by Crippen LogP contribution is 2.40. The van der Waals surface area contributed by atoms with Crippen molar-refractivity contribution < 1.29 is 24.2 Å². The van der Waals surface area contributed by atoms with E-state index in [1.54, 1.807) is 4.90 Å². The first kappa shape index (κ1) is 24.6. The first-order valence-corrected chi connectivity index (χ1v) is 13.3. The van der Waals surface area contributed by atoms with Crippen molar-refractivity contribution in [2.24, 2.45) is 5.92 Å². The van der Waals surface area contributed by atoms with Crippen LogP contribution in [-0.2, 0) is 27.2 Å². The average Bonchev–Trinajstić information content (AvgIpc) is 3.26. The number of fused-ring (bicyclic) bond motifs is 3. The lowest BCUT2D eigenvalue weighted by Gasteiger charge is -2.34. The molecule has 2 amide bonds. The van der Waals surface area contributed by atoms with E-state index in [0.29, 0.717) is 32.2 Å². The van der Waals surface area contributed by atoms with Crippen molar-refractivity contribution in [1.29, 1.82) is 0 Å². The van der Waals surface area contributed by atoms with E-state index in [2.05, 4.69) is 4.57 Å². The van der Waals surface area contributed by atoms with Gasteiger partial charge >= 0.3 is 12.1 Å². The summed E-state index contributed by atoms with van der Waals surface area (Å²) in [7, 11) is 1.40. The molecule has 2 fully saturated rings. The number of ether oxygens (including phenoxy) is 1. The first-order valence-electron chi connectivity index (χ1n) is 13.3. The molecule has 3 atom stereocenters. The molecule has 9 nitrogen and oxygen atoms in total. The molecule has 1 saturated carbocycles. The standard InChI is InChI=1S/C27H36N4O5/c1-17-9-10-20-21(30(17)27(35)36-2)11-12-22-25(20)28-23(13-15-29-14-4-3-8-24(29)32)31(22)19-7-5-6-18(16-19)26(33)34/h11-12,17-19H,3-10,13-16H2,1-2H3,(H,33,34)/t17-,18+,19+/m0/s1. The van der Waals surface area contributed by atoms with Gasteiger partial charge in [-0.1, -0.05) is 6.42 Å². The Balaban J connectivity index is 1.56. The second-order valence-corrected chi connectivity index (χ2v) is 10.5. The summed E-state index contributed by atoms with van der Waals surface area (Å²) in [4.78, 5) is 45.6.